The molecular weight excluding hydrogens is 321 g/mol. The first kappa shape index (κ1) is 19.3. The number of hydrogen-bond acceptors (Lipinski definition) is 5. The third-order valence-electron chi connectivity index (χ3n) is 2.98. The highest BCUT2D eigenvalue weighted by molar-refractivity contribution is 7.52. The van der Waals surface area contributed by atoms with Crippen LogP contribution in [0.1, 0.15) is 32.6 Å². The third kappa shape index (κ3) is 7.91. The third-order valence-corrected chi connectivity index (χ3v) is 4.95. The van der Waals surface area contributed by atoms with Crippen LogP contribution in [-0.4, -0.2) is 53.5 Å². The van der Waals surface area contributed by atoms with Gasteiger partial charge < -0.3 is 23.9 Å². The van der Waals surface area contributed by atoms with E-state index in [0.717, 1.165) is 12.8 Å². The molecule has 1 saturated heterocycles. The van der Waals surface area contributed by atoms with E-state index in [-0.39, 0.29) is 19.2 Å². The van der Waals surface area contributed by atoms with Crippen LogP contribution in [0, 0.1) is 0 Å². The first-order chi connectivity index (χ1) is 9.63. The van der Waals surface area contributed by atoms with Gasteiger partial charge in [-0.3, -0.25) is 9.09 Å². The minimum absolute atomic E-state index is 0.0493. The smallest absolute Gasteiger partial charge is 0.380 e. The van der Waals surface area contributed by atoms with Crippen molar-refractivity contribution in [2.45, 2.75) is 50.8 Å². The Morgan fingerprint density at radius 3 is 2.52 bits per heavy atom. The van der Waals surface area contributed by atoms with Gasteiger partial charge in [0.2, 0.25) is 0 Å². The number of phosphoric ester groups is 1. The van der Waals surface area contributed by atoms with Crippen molar-refractivity contribution in [3.63, 3.8) is 0 Å². The fourth-order valence-electron chi connectivity index (χ4n) is 1.98. The molecule has 4 atom stereocenters. The van der Waals surface area contributed by atoms with Gasteiger partial charge in [0.15, 0.2) is 0 Å². The van der Waals surface area contributed by atoms with Gasteiger partial charge in [0.1, 0.15) is 7.85 Å². The lowest BCUT2D eigenvalue weighted by molar-refractivity contribution is 0.0307. The van der Waals surface area contributed by atoms with Crippen molar-refractivity contribution in [3.8, 4) is 0 Å². The zero-order chi connectivity index (χ0) is 16.1. The van der Waals surface area contributed by atoms with E-state index in [1.165, 1.54) is 0 Å². The SMILES string of the molecule is [B][C@@H]1O[C@H](COP(=O)(O)O)C[C@H]1OP(=O)(O)CCCCC. The molecule has 0 aliphatic carbocycles. The zero-order valence-corrected chi connectivity index (χ0v) is 13.6. The van der Waals surface area contributed by atoms with E-state index in [2.05, 4.69) is 4.52 Å². The zero-order valence-electron chi connectivity index (χ0n) is 11.8. The maximum Gasteiger partial charge on any atom is 0.469 e. The number of unbranched alkanes of at least 4 members (excludes halogenated alkanes) is 2. The number of hydrogen-bond donors (Lipinski definition) is 3. The fourth-order valence-corrected chi connectivity index (χ4v) is 3.69. The molecule has 2 radical (unpaired) electrons. The van der Waals surface area contributed by atoms with Crippen LogP contribution in [0.2, 0.25) is 0 Å². The second-order valence-corrected chi connectivity index (χ2v) is 8.13. The molecule has 0 bridgehead atoms. The summed E-state index contributed by atoms with van der Waals surface area (Å²) in [4.78, 5) is 26.9. The minimum Gasteiger partial charge on any atom is -0.380 e. The van der Waals surface area contributed by atoms with Crippen LogP contribution in [0.25, 0.3) is 0 Å². The molecule has 0 aromatic heterocycles. The van der Waals surface area contributed by atoms with Crippen molar-refractivity contribution < 1.29 is 37.6 Å². The molecule has 122 valence electrons. The molecule has 0 saturated carbocycles. The Morgan fingerprint density at radius 2 is 1.95 bits per heavy atom. The predicted octanol–water partition coefficient (Wildman–Crippen LogP) is 1.14. The lowest BCUT2D eigenvalue weighted by Crippen LogP contribution is -2.23. The summed E-state index contributed by atoms with van der Waals surface area (Å²) in [6.45, 7) is 1.62. The van der Waals surface area contributed by atoms with E-state index >= 15 is 0 Å². The number of phosphoric acid groups is 1. The minimum atomic E-state index is -4.58. The van der Waals surface area contributed by atoms with Crippen LogP contribution in [0.3, 0.4) is 0 Å². The van der Waals surface area contributed by atoms with Crippen molar-refractivity contribution in [3.05, 3.63) is 0 Å². The Kier molecular flexibility index (Phi) is 7.57. The summed E-state index contributed by atoms with van der Waals surface area (Å²) in [7, 11) is -2.68. The Hall–Kier alpha value is 0.285. The number of ether oxygens (including phenoxy) is 1. The summed E-state index contributed by atoms with van der Waals surface area (Å²) in [6, 6.07) is -0.929. The Labute approximate surface area is 125 Å². The molecule has 1 aliphatic rings. The van der Waals surface area contributed by atoms with Crippen molar-refractivity contribution in [2.75, 3.05) is 12.8 Å². The van der Waals surface area contributed by atoms with Crippen LogP contribution >= 0.6 is 15.4 Å². The highest BCUT2D eigenvalue weighted by Crippen LogP contribution is 2.47. The Morgan fingerprint density at radius 1 is 1.29 bits per heavy atom. The molecular formula is C10H21BO8P2. The molecule has 11 heteroatoms. The molecule has 1 fully saturated rings. The molecule has 0 spiro atoms. The summed E-state index contributed by atoms with van der Waals surface area (Å²) in [6.07, 6.45) is 1.04. The lowest BCUT2D eigenvalue weighted by atomic mass is 9.95. The van der Waals surface area contributed by atoms with E-state index < -0.39 is 33.6 Å². The Bertz CT molecular complexity index is 414. The molecule has 21 heavy (non-hydrogen) atoms. The van der Waals surface area contributed by atoms with Gasteiger partial charge in [-0.05, 0) is 6.42 Å². The fraction of sp³-hybridized carbons (Fsp3) is 1.00. The summed E-state index contributed by atoms with van der Waals surface area (Å²) in [5.41, 5.74) is 0. The van der Waals surface area contributed by atoms with Gasteiger partial charge >= 0.3 is 15.4 Å². The maximum atomic E-state index is 11.9. The second-order valence-electron chi connectivity index (χ2n) is 4.96. The van der Waals surface area contributed by atoms with Crippen molar-refractivity contribution >= 4 is 23.3 Å². The summed E-state index contributed by atoms with van der Waals surface area (Å²) >= 11 is 0. The predicted molar refractivity (Wildman–Crippen MR) is 76.1 cm³/mol. The molecule has 1 heterocycles. The van der Waals surface area contributed by atoms with Crippen LogP contribution < -0.4 is 0 Å². The van der Waals surface area contributed by atoms with Crippen LogP contribution in [0.15, 0.2) is 0 Å². The first-order valence-corrected chi connectivity index (χ1v) is 10.0. The van der Waals surface area contributed by atoms with Crippen molar-refractivity contribution in [2.24, 2.45) is 0 Å². The van der Waals surface area contributed by atoms with Crippen molar-refractivity contribution in [1.82, 2.24) is 0 Å². The average molecular weight is 342 g/mol. The van der Waals surface area contributed by atoms with Gasteiger partial charge in [-0.2, -0.15) is 0 Å². The first-order valence-electron chi connectivity index (χ1n) is 6.74. The van der Waals surface area contributed by atoms with Crippen LogP contribution in [0.4, 0.5) is 0 Å². The van der Waals surface area contributed by atoms with E-state index in [1.54, 1.807) is 0 Å². The average Bonchev–Trinajstić information content (AvgIpc) is 2.66. The highest BCUT2D eigenvalue weighted by Gasteiger charge is 2.37. The van der Waals surface area contributed by atoms with Crippen molar-refractivity contribution in [1.29, 1.82) is 0 Å². The molecule has 1 rings (SSSR count). The normalized spacial score (nSPS) is 29.4. The molecule has 0 aromatic rings. The molecule has 1 aliphatic heterocycles. The maximum absolute atomic E-state index is 11.9. The van der Waals surface area contributed by atoms with Gasteiger partial charge in [0.25, 0.3) is 0 Å². The molecule has 8 nitrogen and oxygen atoms in total. The van der Waals surface area contributed by atoms with E-state index in [1.807, 2.05) is 6.92 Å². The van der Waals surface area contributed by atoms with Crippen LogP contribution in [-0.2, 0) is 22.9 Å². The topological polar surface area (TPSA) is 123 Å². The van der Waals surface area contributed by atoms with E-state index in [9.17, 15) is 14.0 Å². The van der Waals surface area contributed by atoms with E-state index in [4.69, 9.17) is 26.9 Å². The summed E-state index contributed by atoms with van der Waals surface area (Å²) in [5.74, 6) is 0. The van der Waals surface area contributed by atoms with Crippen LogP contribution in [0.5, 0.6) is 0 Å². The Balaban J connectivity index is 2.42. The molecule has 0 amide bonds. The standard InChI is InChI=1S/C10H21BO8P2/c1-2-3-4-5-20(12,13)19-9-6-8(18-10(9)11)7-17-21(14,15)16/h8-10H,2-7H2,1H3,(H,12,13)(H2,14,15,16)/t8-,9+,10+/m0/s1. The number of rotatable bonds is 9. The highest BCUT2D eigenvalue weighted by atomic mass is 31.2. The van der Waals surface area contributed by atoms with Gasteiger partial charge in [-0.15, -0.1) is 0 Å². The second kappa shape index (κ2) is 8.23. The molecule has 0 aromatic carbocycles. The largest absolute Gasteiger partial charge is 0.469 e. The molecule has 3 N–H and O–H groups in total. The van der Waals surface area contributed by atoms with Gasteiger partial charge in [0, 0.05) is 18.6 Å². The lowest BCUT2D eigenvalue weighted by Gasteiger charge is -2.19. The quantitative estimate of drug-likeness (QED) is 0.324. The summed E-state index contributed by atoms with van der Waals surface area (Å²) in [5, 5.41) is 0. The van der Waals surface area contributed by atoms with Gasteiger partial charge in [-0.25, -0.2) is 4.57 Å². The monoisotopic (exact) mass is 342 g/mol. The van der Waals surface area contributed by atoms with E-state index in [0.29, 0.717) is 6.42 Å². The summed E-state index contributed by atoms with van der Waals surface area (Å²) < 4.78 is 37.1. The van der Waals surface area contributed by atoms with Gasteiger partial charge in [-0.1, -0.05) is 19.8 Å². The molecule has 1 unspecified atom stereocenters. The van der Waals surface area contributed by atoms with Gasteiger partial charge in [0.05, 0.1) is 18.8 Å².